The van der Waals surface area contributed by atoms with Crippen molar-refractivity contribution in [1.29, 1.82) is 0 Å². The van der Waals surface area contributed by atoms with Gasteiger partial charge in [-0.05, 0) is 45.2 Å². The van der Waals surface area contributed by atoms with Crippen molar-refractivity contribution in [2.75, 3.05) is 25.0 Å². The van der Waals surface area contributed by atoms with E-state index in [0.29, 0.717) is 12.4 Å². The van der Waals surface area contributed by atoms with Gasteiger partial charge in [-0.25, -0.2) is 4.98 Å². The van der Waals surface area contributed by atoms with Gasteiger partial charge in [0, 0.05) is 25.2 Å². The number of anilines is 1. The maximum Gasteiger partial charge on any atom is 0.287 e. The van der Waals surface area contributed by atoms with Crippen LogP contribution < -0.4 is 10.6 Å². The second-order valence-electron chi connectivity index (χ2n) is 6.76. The summed E-state index contributed by atoms with van der Waals surface area (Å²) in [6, 6.07) is 3.15. The summed E-state index contributed by atoms with van der Waals surface area (Å²) in [6.45, 7) is 4.24. The lowest BCUT2D eigenvalue weighted by atomic mass is 9.89. The summed E-state index contributed by atoms with van der Waals surface area (Å²) in [5.74, 6) is 0.769. The van der Waals surface area contributed by atoms with Crippen molar-refractivity contribution in [1.82, 2.24) is 15.2 Å². The Morgan fingerprint density at radius 1 is 1.50 bits per heavy atom. The zero-order valence-electron chi connectivity index (χ0n) is 13.8. The van der Waals surface area contributed by atoms with Crippen molar-refractivity contribution in [2.45, 2.75) is 44.2 Å². The van der Waals surface area contributed by atoms with Crippen LogP contribution in [0.2, 0.25) is 0 Å². The molecule has 2 atom stereocenters. The molecule has 0 aliphatic carbocycles. The molecule has 1 aromatic heterocycles. The van der Waals surface area contributed by atoms with Crippen LogP contribution in [0.3, 0.4) is 0 Å². The highest BCUT2D eigenvalue weighted by molar-refractivity contribution is 5.86. The Morgan fingerprint density at radius 2 is 2.33 bits per heavy atom. The van der Waals surface area contributed by atoms with Gasteiger partial charge in [0.1, 0.15) is 12.0 Å². The molecular weight excluding hydrogens is 310 g/mol. The molecule has 8 heteroatoms. The highest BCUT2D eigenvalue weighted by atomic mass is 16.6. The molecule has 2 unspecified atom stereocenters. The first-order chi connectivity index (χ1) is 11.5. The molecule has 2 aliphatic heterocycles. The normalized spacial score (nSPS) is 27.0. The highest BCUT2D eigenvalue weighted by Crippen LogP contribution is 2.24. The fraction of sp³-hybridized carbons (Fsp3) is 0.625. The minimum Gasteiger partial charge on any atom is -0.365 e. The molecule has 24 heavy (non-hydrogen) atoms. The number of carbonyl (C=O) groups is 1. The Balaban J connectivity index is 1.57. The van der Waals surface area contributed by atoms with E-state index in [-0.39, 0.29) is 17.6 Å². The van der Waals surface area contributed by atoms with Crippen LogP contribution in [0, 0.1) is 10.1 Å². The molecule has 0 radical (unpaired) electrons. The van der Waals surface area contributed by atoms with Gasteiger partial charge in [0.15, 0.2) is 0 Å². The van der Waals surface area contributed by atoms with Crippen LogP contribution in [0.1, 0.15) is 32.6 Å². The summed E-state index contributed by atoms with van der Waals surface area (Å²) in [6.07, 6.45) is 5.17. The highest BCUT2D eigenvalue weighted by Gasteiger charge is 2.39. The van der Waals surface area contributed by atoms with Crippen LogP contribution in [0.4, 0.5) is 11.5 Å². The van der Waals surface area contributed by atoms with Crippen LogP contribution in [-0.4, -0.2) is 51.9 Å². The van der Waals surface area contributed by atoms with E-state index in [9.17, 15) is 14.9 Å². The van der Waals surface area contributed by atoms with Gasteiger partial charge in [0.25, 0.3) is 5.69 Å². The number of nitrogens with zero attached hydrogens (tertiary/aromatic N) is 3. The van der Waals surface area contributed by atoms with Gasteiger partial charge in [-0.1, -0.05) is 0 Å². The maximum atomic E-state index is 12.8. The minimum atomic E-state index is -0.468. The summed E-state index contributed by atoms with van der Waals surface area (Å²) in [4.78, 5) is 28.9. The smallest absolute Gasteiger partial charge is 0.287 e. The molecule has 130 valence electrons. The topological polar surface area (TPSA) is 100 Å². The fourth-order valence-corrected chi connectivity index (χ4v) is 3.44. The van der Waals surface area contributed by atoms with Crippen molar-refractivity contribution in [3.05, 3.63) is 28.4 Å². The third-order valence-corrected chi connectivity index (χ3v) is 4.88. The maximum absolute atomic E-state index is 12.8. The fourth-order valence-electron chi connectivity index (χ4n) is 3.44. The third-order valence-electron chi connectivity index (χ3n) is 4.88. The monoisotopic (exact) mass is 333 g/mol. The lowest BCUT2D eigenvalue weighted by Crippen LogP contribution is -2.57. The number of hydrogen-bond acceptors (Lipinski definition) is 6. The van der Waals surface area contributed by atoms with Gasteiger partial charge >= 0.3 is 0 Å². The van der Waals surface area contributed by atoms with Crippen LogP contribution in [-0.2, 0) is 4.79 Å². The Hall–Kier alpha value is -2.22. The number of pyridine rings is 1. The Bertz CT molecular complexity index is 613. The molecule has 8 nitrogen and oxygen atoms in total. The van der Waals surface area contributed by atoms with E-state index in [0.717, 1.165) is 38.8 Å². The zero-order valence-corrected chi connectivity index (χ0v) is 13.8. The zero-order chi connectivity index (χ0) is 17.2. The van der Waals surface area contributed by atoms with Crippen LogP contribution in [0.15, 0.2) is 18.3 Å². The second kappa shape index (κ2) is 6.72. The quantitative estimate of drug-likeness (QED) is 0.640. The SMILES string of the molecule is CC1(C(=O)N2CCC(Nc3ccc([N+](=O)[O-])cn3)C2)CCCCN1. The second-order valence-corrected chi connectivity index (χ2v) is 6.76. The van der Waals surface area contributed by atoms with Crippen LogP contribution in [0.25, 0.3) is 0 Å². The summed E-state index contributed by atoms with van der Waals surface area (Å²) in [5.41, 5.74) is -0.473. The summed E-state index contributed by atoms with van der Waals surface area (Å²) in [7, 11) is 0. The van der Waals surface area contributed by atoms with E-state index in [1.165, 1.54) is 12.3 Å². The van der Waals surface area contributed by atoms with E-state index in [1.54, 1.807) is 6.07 Å². The molecule has 0 spiro atoms. The first kappa shape index (κ1) is 16.6. The number of rotatable bonds is 4. The molecule has 3 heterocycles. The predicted molar refractivity (Wildman–Crippen MR) is 89.8 cm³/mol. The van der Waals surface area contributed by atoms with Crippen LogP contribution >= 0.6 is 0 Å². The number of likely N-dealkylation sites (tertiary alicyclic amines) is 1. The first-order valence-corrected chi connectivity index (χ1v) is 8.39. The molecule has 1 amide bonds. The van der Waals surface area contributed by atoms with Crippen LogP contribution in [0.5, 0.6) is 0 Å². The van der Waals surface area contributed by atoms with E-state index in [1.807, 2.05) is 11.8 Å². The van der Waals surface area contributed by atoms with E-state index in [4.69, 9.17) is 0 Å². The molecule has 0 bridgehead atoms. The Morgan fingerprint density at radius 3 is 2.96 bits per heavy atom. The summed E-state index contributed by atoms with van der Waals surface area (Å²) >= 11 is 0. The van der Waals surface area contributed by atoms with E-state index >= 15 is 0 Å². The Kier molecular flexibility index (Phi) is 4.66. The lowest BCUT2D eigenvalue weighted by Gasteiger charge is -2.36. The first-order valence-electron chi connectivity index (χ1n) is 8.39. The molecular formula is C16H23N5O3. The number of piperidine rings is 1. The molecule has 2 aliphatic rings. The van der Waals surface area contributed by atoms with Crippen molar-refractivity contribution >= 4 is 17.4 Å². The standard InChI is InChI=1S/C16H23N5O3/c1-16(7-2-3-8-18-16)15(22)20-9-6-12(11-20)19-14-5-4-13(10-17-14)21(23)24/h4-5,10,12,18H,2-3,6-9,11H2,1H3,(H,17,19). The summed E-state index contributed by atoms with van der Waals surface area (Å²) < 4.78 is 0. The van der Waals surface area contributed by atoms with Crippen molar-refractivity contribution in [3.8, 4) is 0 Å². The molecule has 0 saturated carbocycles. The van der Waals surface area contributed by atoms with Gasteiger partial charge in [-0.15, -0.1) is 0 Å². The number of carbonyl (C=O) groups excluding carboxylic acids is 1. The van der Waals surface area contributed by atoms with Gasteiger partial charge in [0.05, 0.1) is 10.5 Å². The number of amides is 1. The minimum absolute atomic E-state index is 0.0277. The van der Waals surface area contributed by atoms with E-state index < -0.39 is 10.5 Å². The van der Waals surface area contributed by atoms with Gasteiger partial charge in [0.2, 0.25) is 5.91 Å². The average molecular weight is 333 g/mol. The number of hydrogen-bond donors (Lipinski definition) is 2. The number of nitro groups is 1. The molecule has 2 fully saturated rings. The van der Waals surface area contributed by atoms with Crippen molar-refractivity contribution in [3.63, 3.8) is 0 Å². The van der Waals surface area contributed by atoms with Gasteiger partial charge in [-0.2, -0.15) is 0 Å². The lowest BCUT2D eigenvalue weighted by molar-refractivity contribution is -0.385. The molecule has 3 rings (SSSR count). The van der Waals surface area contributed by atoms with Gasteiger partial charge < -0.3 is 15.5 Å². The van der Waals surface area contributed by atoms with Crippen molar-refractivity contribution < 1.29 is 9.72 Å². The average Bonchev–Trinajstić information content (AvgIpc) is 3.03. The molecule has 2 saturated heterocycles. The largest absolute Gasteiger partial charge is 0.365 e. The number of aromatic nitrogens is 1. The Labute approximate surface area is 140 Å². The molecule has 1 aromatic rings. The number of nitrogens with one attached hydrogen (secondary N) is 2. The molecule has 2 N–H and O–H groups in total. The summed E-state index contributed by atoms with van der Waals surface area (Å²) in [5, 5.41) is 17.3. The van der Waals surface area contributed by atoms with E-state index in [2.05, 4.69) is 15.6 Å². The van der Waals surface area contributed by atoms with Crippen molar-refractivity contribution in [2.24, 2.45) is 0 Å². The van der Waals surface area contributed by atoms with Gasteiger partial charge in [-0.3, -0.25) is 14.9 Å². The predicted octanol–water partition coefficient (Wildman–Crippen LogP) is 1.53. The molecule has 0 aromatic carbocycles. The third kappa shape index (κ3) is 3.48.